The highest BCUT2D eigenvalue weighted by molar-refractivity contribution is 6.06. The first-order valence-electron chi connectivity index (χ1n) is 9.13. The van der Waals surface area contributed by atoms with E-state index in [1.54, 1.807) is 6.07 Å². The fourth-order valence-corrected chi connectivity index (χ4v) is 4.27. The first-order valence-corrected chi connectivity index (χ1v) is 9.13. The number of hydrazone groups is 1. The second kappa shape index (κ2) is 6.59. The van der Waals surface area contributed by atoms with E-state index in [0.717, 1.165) is 17.0 Å². The molecule has 2 amide bonds. The largest absolute Gasteiger partial charge is 0.490 e. The highest BCUT2D eigenvalue weighted by atomic mass is 16.5. The Balaban J connectivity index is 1.54. The summed E-state index contributed by atoms with van der Waals surface area (Å²) in [6.07, 6.45) is 6.60. The van der Waals surface area contributed by atoms with Crippen molar-refractivity contribution in [2.24, 2.45) is 28.8 Å². The van der Waals surface area contributed by atoms with Gasteiger partial charge in [0.15, 0.2) is 11.5 Å². The average Bonchev–Trinajstić information content (AvgIpc) is 3.30. The predicted octanol–water partition coefficient (Wildman–Crippen LogP) is 2.63. The number of hydrogen-bond acceptors (Lipinski definition) is 5. The molecule has 0 spiro atoms. The van der Waals surface area contributed by atoms with Crippen LogP contribution in [0.2, 0.25) is 0 Å². The molecule has 1 saturated carbocycles. The smallest absolute Gasteiger partial charge is 0.254 e. The Labute approximate surface area is 152 Å². The number of ether oxygens (including phenoxy) is 2. The van der Waals surface area contributed by atoms with Crippen LogP contribution in [0.1, 0.15) is 25.8 Å². The van der Waals surface area contributed by atoms with Gasteiger partial charge in [-0.3, -0.25) is 9.59 Å². The molecule has 1 aliphatic heterocycles. The SMILES string of the molecule is CCOc1ccc(/C=N\N2C(=O)[C@H]3[C@H](C2=O)[C@H]2C=C[C@H]3C2)cc1OCC. The third-order valence-corrected chi connectivity index (χ3v) is 5.34. The zero-order valence-corrected chi connectivity index (χ0v) is 14.9. The van der Waals surface area contributed by atoms with Crippen molar-refractivity contribution in [2.45, 2.75) is 20.3 Å². The van der Waals surface area contributed by atoms with E-state index in [-0.39, 0.29) is 35.5 Å². The molecule has 1 heterocycles. The number of fused-ring (bicyclic) bond motifs is 5. The fraction of sp³-hybridized carbons (Fsp3) is 0.450. The van der Waals surface area contributed by atoms with Crippen LogP contribution in [0.25, 0.3) is 0 Å². The molecule has 6 nitrogen and oxygen atoms in total. The summed E-state index contributed by atoms with van der Waals surface area (Å²) in [5, 5.41) is 5.25. The summed E-state index contributed by atoms with van der Waals surface area (Å²) < 4.78 is 11.1. The highest BCUT2D eigenvalue weighted by Crippen LogP contribution is 2.52. The van der Waals surface area contributed by atoms with Gasteiger partial charge in [0.05, 0.1) is 31.3 Å². The normalized spacial score (nSPS) is 29.1. The molecule has 136 valence electrons. The lowest BCUT2D eigenvalue weighted by atomic mass is 9.85. The molecule has 4 rings (SSSR count). The zero-order valence-electron chi connectivity index (χ0n) is 14.9. The van der Waals surface area contributed by atoms with E-state index in [2.05, 4.69) is 17.3 Å². The minimum Gasteiger partial charge on any atom is -0.490 e. The summed E-state index contributed by atoms with van der Waals surface area (Å²) in [5.74, 6) is 0.859. The van der Waals surface area contributed by atoms with Crippen molar-refractivity contribution in [1.29, 1.82) is 0 Å². The lowest BCUT2D eigenvalue weighted by Crippen LogP contribution is -2.28. The van der Waals surface area contributed by atoms with E-state index in [0.29, 0.717) is 24.7 Å². The molecule has 2 fully saturated rings. The van der Waals surface area contributed by atoms with Crippen molar-refractivity contribution < 1.29 is 19.1 Å². The Morgan fingerprint density at radius 1 is 1.04 bits per heavy atom. The van der Waals surface area contributed by atoms with Crippen LogP contribution in [-0.2, 0) is 9.59 Å². The van der Waals surface area contributed by atoms with E-state index in [9.17, 15) is 9.59 Å². The lowest BCUT2D eigenvalue weighted by Gasteiger charge is -2.13. The van der Waals surface area contributed by atoms with Crippen molar-refractivity contribution >= 4 is 18.0 Å². The summed E-state index contributed by atoms with van der Waals surface area (Å²) in [5.41, 5.74) is 0.746. The second-order valence-electron chi connectivity index (χ2n) is 6.80. The number of hydrogen-bond donors (Lipinski definition) is 0. The van der Waals surface area contributed by atoms with Gasteiger partial charge in [0.2, 0.25) is 0 Å². The van der Waals surface area contributed by atoms with Crippen LogP contribution in [0.3, 0.4) is 0 Å². The van der Waals surface area contributed by atoms with Crippen LogP contribution in [0.4, 0.5) is 0 Å². The van der Waals surface area contributed by atoms with Crippen LogP contribution in [0, 0.1) is 23.7 Å². The molecule has 1 aromatic rings. The van der Waals surface area contributed by atoms with Crippen LogP contribution in [0.15, 0.2) is 35.5 Å². The Hall–Kier alpha value is -2.63. The third-order valence-electron chi connectivity index (χ3n) is 5.34. The molecule has 6 heteroatoms. The third kappa shape index (κ3) is 2.60. The van der Waals surface area contributed by atoms with E-state index in [1.807, 2.05) is 26.0 Å². The molecule has 4 atom stereocenters. The topological polar surface area (TPSA) is 68.2 Å². The van der Waals surface area contributed by atoms with Crippen molar-refractivity contribution in [3.63, 3.8) is 0 Å². The summed E-state index contributed by atoms with van der Waals surface area (Å²) in [6, 6.07) is 5.44. The number of rotatable bonds is 6. The van der Waals surface area contributed by atoms with Gasteiger partial charge in [-0.05, 0) is 55.9 Å². The van der Waals surface area contributed by atoms with Gasteiger partial charge >= 0.3 is 0 Å². The number of carbonyl (C=O) groups excluding carboxylic acids is 2. The second-order valence-corrected chi connectivity index (χ2v) is 6.80. The maximum absolute atomic E-state index is 12.6. The lowest BCUT2D eigenvalue weighted by molar-refractivity contribution is -0.140. The predicted molar refractivity (Wildman–Crippen MR) is 95.9 cm³/mol. The standard InChI is InChI=1S/C20H22N2O4/c1-3-25-15-8-5-12(9-16(15)26-4-2)11-21-22-19(23)17-13-6-7-14(10-13)18(17)20(22)24/h5-9,11,13-14,17-18H,3-4,10H2,1-2H3/b21-11-/t13-,14-,17+,18+/m0/s1. The molecule has 0 radical (unpaired) electrons. The molecule has 1 aromatic carbocycles. The van der Waals surface area contributed by atoms with Gasteiger partial charge in [0.25, 0.3) is 11.8 Å². The molecule has 0 aromatic heterocycles. The Bertz CT molecular complexity index is 771. The van der Waals surface area contributed by atoms with Crippen molar-refractivity contribution in [1.82, 2.24) is 5.01 Å². The van der Waals surface area contributed by atoms with Gasteiger partial charge in [0, 0.05) is 0 Å². The first kappa shape index (κ1) is 16.8. The number of allylic oxidation sites excluding steroid dienone is 2. The average molecular weight is 354 g/mol. The maximum atomic E-state index is 12.6. The minimum absolute atomic E-state index is 0.177. The molecule has 2 bridgehead atoms. The van der Waals surface area contributed by atoms with E-state index < -0.39 is 0 Å². The van der Waals surface area contributed by atoms with Crippen LogP contribution in [-0.4, -0.2) is 36.3 Å². The fourth-order valence-electron chi connectivity index (χ4n) is 4.27. The van der Waals surface area contributed by atoms with Gasteiger partial charge in [-0.2, -0.15) is 10.1 Å². The Morgan fingerprint density at radius 2 is 1.65 bits per heavy atom. The number of amides is 2. The minimum atomic E-state index is -0.228. The van der Waals surface area contributed by atoms with Crippen LogP contribution in [0.5, 0.6) is 11.5 Å². The number of benzene rings is 1. The molecule has 26 heavy (non-hydrogen) atoms. The van der Waals surface area contributed by atoms with Crippen LogP contribution >= 0.6 is 0 Å². The quantitative estimate of drug-likeness (QED) is 0.447. The monoisotopic (exact) mass is 354 g/mol. The number of nitrogens with zero attached hydrogens (tertiary/aromatic N) is 2. The Kier molecular flexibility index (Phi) is 4.26. The van der Waals surface area contributed by atoms with Gasteiger partial charge in [-0.25, -0.2) is 0 Å². The first-order chi connectivity index (χ1) is 12.6. The molecule has 0 N–H and O–H groups in total. The van der Waals surface area contributed by atoms with Crippen molar-refractivity contribution in [3.05, 3.63) is 35.9 Å². The van der Waals surface area contributed by atoms with Gasteiger partial charge < -0.3 is 9.47 Å². The molecule has 0 unspecified atom stereocenters. The van der Waals surface area contributed by atoms with Gasteiger partial charge in [0.1, 0.15) is 0 Å². The molecule has 2 aliphatic carbocycles. The number of imide groups is 1. The summed E-state index contributed by atoms with van der Waals surface area (Å²) in [7, 11) is 0. The number of carbonyl (C=O) groups is 2. The summed E-state index contributed by atoms with van der Waals surface area (Å²) in [6.45, 7) is 4.88. The maximum Gasteiger partial charge on any atom is 0.254 e. The van der Waals surface area contributed by atoms with E-state index in [1.165, 1.54) is 6.21 Å². The summed E-state index contributed by atoms with van der Waals surface area (Å²) in [4.78, 5) is 25.3. The molecular formula is C20H22N2O4. The Morgan fingerprint density at radius 3 is 2.27 bits per heavy atom. The van der Waals surface area contributed by atoms with Crippen LogP contribution < -0.4 is 9.47 Å². The van der Waals surface area contributed by atoms with E-state index in [4.69, 9.17) is 9.47 Å². The zero-order chi connectivity index (χ0) is 18.3. The highest BCUT2D eigenvalue weighted by Gasteiger charge is 2.59. The van der Waals surface area contributed by atoms with Gasteiger partial charge in [-0.15, -0.1) is 0 Å². The molecule has 3 aliphatic rings. The van der Waals surface area contributed by atoms with Crippen molar-refractivity contribution in [3.8, 4) is 11.5 Å². The summed E-state index contributed by atoms with van der Waals surface area (Å²) >= 11 is 0. The molecule has 1 saturated heterocycles. The van der Waals surface area contributed by atoms with E-state index >= 15 is 0 Å². The van der Waals surface area contributed by atoms with Crippen molar-refractivity contribution in [2.75, 3.05) is 13.2 Å². The van der Waals surface area contributed by atoms with Gasteiger partial charge in [-0.1, -0.05) is 12.2 Å². The molecular weight excluding hydrogens is 332 g/mol.